The van der Waals surface area contributed by atoms with E-state index in [-0.39, 0.29) is 5.91 Å². The van der Waals surface area contributed by atoms with Gasteiger partial charge in [0.1, 0.15) is 6.04 Å². The van der Waals surface area contributed by atoms with Crippen LogP contribution in [0.2, 0.25) is 0 Å². The number of nitrogens with zero attached hydrogens (tertiary/aromatic N) is 2. The Kier molecular flexibility index (Phi) is 7.50. The third-order valence-corrected chi connectivity index (χ3v) is 6.68. The Morgan fingerprint density at radius 2 is 1.63 bits per heavy atom. The van der Waals surface area contributed by atoms with Gasteiger partial charge in [0.05, 0.1) is 11.9 Å². The molecular formula is C23H31N3O3S. The van der Waals surface area contributed by atoms with Crippen molar-refractivity contribution in [2.45, 2.75) is 45.3 Å². The second-order valence-electron chi connectivity index (χ2n) is 7.79. The van der Waals surface area contributed by atoms with Crippen molar-refractivity contribution in [2.24, 2.45) is 0 Å². The predicted octanol–water partition coefficient (Wildman–Crippen LogP) is 3.14. The van der Waals surface area contributed by atoms with Gasteiger partial charge in [0.2, 0.25) is 15.9 Å². The molecule has 0 radical (unpaired) electrons. The molecule has 1 aliphatic heterocycles. The third-order valence-electron chi connectivity index (χ3n) is 5.50. The zero-order valence-corrected chi connectivity index (χ0v) is 18.6. The third kappa shape index (κ3) is 5.61. The molecule has 1 fully saturated rings. The lowest BCUT2D eigenvalue weighted by molar-refractivity contribution is -0.122. The summed E-state index contributed by atoms with van der Waals surface area (Å²) in [5, 5.41) is 2.97. The van der Waals surface area contributed by atoms with Gasteiger partial charge in [-0.1, -0.05) is 49.4 Å². The Morgan fingerprint density at radius 1 is 1.03 bits per heavy atom. The standard InChI is InChI=1S/C23H31N3O3S/c1-3-22(26(30(2,28)29)21-13-5-4-6-14-21)23(27)24-17-19-11-7-8-12-20(19)18-25-15-9-10-16-25/h4-8,11-14,22H,3,9-10,15-18H2,1-2H3,(H,24,27). The minimum Gasteiger partial charge on any atom is -0.350 e. The van der Waals surface area contributed by atoms with E-state index in [4.69, 9.17) is 0 Å². The lowest BCUT2D eigenvalue weighted by atomic mass is 10.1. The van der Waals surface area contributed by atoms with Crippen molar-refractivity contribution in [1.82, 2.24) is 10.2 Å². The highest BCUT2D eigenvalue weighted by molar-refractivity contribution is 7.92. The zero-order valence-electron chi connectivity index (χ0n) is 17.8. The molecule has 1 aliphatic rings. The van der Waals surface area contributed by atoms with E-state index in [1.807, 2.05) is 31.2 Å². The number of hydrogen-bond donors (Lipinski definition) is 1. The lowest BCUT2D eigenvalue weighted by Gasteiger charge is -2.30. The summed E-state index contributed by atoms with van der Waals surface area (Å²) in [7, 11) is -3.62. The van der Waals surface area contributed by atoms with E-state index in [1.165, 1.54) is 22.7 Å². The van der Waals surface area contributed by atoms with Crippen molar-refractivity contribution in [3.63, 3.8) is 0 Å². The first kappa shape index (κ1) is 22.3. The molecule has 162 valence electrons. The molecular weight excluding hydrogens is 398 g/mol. The number of sulfonamides is 1. The van der Waals surface area contributed by atoms with Gasteiger partial charge >= 0.3 is 0 Å². The number of likely N-dealkylation sites (tertiary alicyclic amines) is 1. The molecule has 6 nitrogen and oxygen atoms in total. The van der Waals surface area contributed by atoms with Crippen molar-refractivity contribution < 1.29 is 13.2 Å². The minimum atomic E-state index is -3.62. The SMILES string of the molecule is CCC(C(=O)NCc1ccccc1CN1CCCC1)N(c1ccccc1)S(C)(=O)=O. The maximum atomic E-state index is 13.0. The van der Waals surface area contributed by atoms with Crippen LogP contribution in [0.4, 0.5) is 5.69 Å². The summed E-state index contributed by atoms with van der Waals surface area (Å²) in [4.78, 5) is 15.5. The highest BCUT2D eigenvalue weighted by atomic mass is 32.2. The van der Waals surface area contributed by atoms with Gasteiger partial charge in [-0.2, -0.15) is 0 Å². The normalized spacial score (nSPS) is 15.7. The van der Waals surface area contributed by atoms with Crippen LogP contribution in [-0.4, -0.2) is 44.6 Å². The molecule has 0 aliphatic carbocycles. The molecule has 3 rings (SSSR count). The smallest absolute Gasteiger partial charge is 0.244 e. The fourth-order valence-corrected chi connectivity index (χ4v) is 5.21. The summed E-state index contributed by atoms with van der Waals surface area (Å²) in [5.74, 6) is -0.289. The Hall–Kier alpha value is -2.38. The second-order valence-corrected chi connectivity index (χ2v) is 9.65. The molecule has 1 heterocycles. The molecule has 2 aromatic rings. The summed E-state index contributed by atoms with van der Waals surface area (Å²) in [6.45, 7) is 5.30. The van der Waals surface area contributed by atoms with Crippen molar-refractivity contribution in [3.8, 4) is 0 Å². The van der Waals surface area contributed by atoms with Crippen LogP contribution in [0.1, 0.15) is 37.3 Å². The Bertz CT molecular complexity index is 941. The van der Waals surface area contributed by atoms with Gasteiger partial charge in [-0.25, -0.2) is 8.42 Å². The Balaban J connectivity index is 1.74. The molecule has 0 spiro atoms. The van der Waals surface area contributed by atoms with Gasteiger partial charge in [0, 0.05) is 13.1 Å². The number of carbonyl (C=O) groups excluding carboxylic acids is 1. The van der Waals surface area contributed by atoms with E-state index in [9.17, 15) is 13.2 Å². The number of para-hydroxylation sites is 1. The zero-order chi connectivity index (χ0) is 21.6. The van der Waals surface area contributed by atoms with E-state index < -0.39 is 16.1 Å². The van der Waals surface area contributed by atoms with E-state index in [0.717, 1.165) is 31.5 Å². The molecule has 0 aromatic heterocycles. The molecule has 0 bridgehead atoms. The van der Waals surface area contributed by atoms with Crippen LogP contribution in [0.3, 0.4) is 0 Å². The van der Waals surface area contributed by atoms with Gasteiger partial charge in [0.25, 0.3) is 0 Å². The molecule has 1 amide bonds. The molecule has 7 heteroatoms. The molecule has 1 saturated heterocycles. The number of anilines is 1. The summed E-state index contributed by atoms with van der Waals surface area (Å²) >= 11 is 0. The van der Waals surface area contributed by atoms with Crippen LogP contribution in [-0.2, 0) is 27.9 Å². The summed E-state index contributed by atoms with van der Waals surface area (Å²) in [6, 6.07) is 16.1. The van der Waals surface area contributed by atoms with E-state index in [2.05, 4.69) is 16.3 Å². The van der Waals surface area contributed by atoms with Crippen LogP contribution in [0.5, 0.6) is 0 Å². The summed E-state index contributed by atoms with van der Waals surface area (Å²) in [6.07, 6.45) is 3.99. The maximum absolute atomic E-state index is 13.0. The minimum absolute atomic E-state index is 0.289. The van der Waals surface area contributed by atoms with Gasteiger partial charge in [-0.15, -0.1) is 0 Å². The number of carbonyl (C=O) groups is 1. The first-order chi connectivity index (χ1) is 14.4. The Labute approximate surface area is 179 Å². The largest absolute Gasteiger partial charge is 0.350 e. The number of benzene rings is 2. The van der Waals surface area contributed by atoms with Gasteiger partial charge in [-0.3, -0.25) is 14.0 Å². The highest BCUT2D eigenvalue weighted by Crippen LogP contribution is 2.22. The van der Waals surface area contributed by atoms with E-state index >= 15 is 0 Å². The van der Waals surface area contributed by atoms with E-state index in [0.29, 0.717) is 18.7 Å². The van der Waals surface area contributed by atoms with Crippen molar-refractivity contribution >= 4 is 21.6 Å². The number of amides is 1. The maximum Gasteiger partial charge on any atom is 0.244 e. The molecule has 1 unspecified atom stereocenters. The topological polar surface area (TPSA) is 69.7 Å². The quantitative estimate of drug-likeness (QED) is 0.665. The second kappa shape index (κ2) is 10.1. The molecule has 1 atom stereocenters. The van der Waals surface area contributed by atoms with Gasteiger partial charge in [-0.05, 0) is 55.6 Å². The average molecular weight is 430 g/mol. The molecule has 2 aromatic carbocycles. The fraction of sp³-hybridized carbons (Fsp3) is 0.435. The van der Waals surface area contributed by atoms with Crippen molar-refractivity contribution in [1.29, 1.82) is 0 Å². The molecule has 30 heavy (non-hydrogen) atoms. The lowest BCUT2D eigenvalue weighted by Crippen LogP contribution is -2.49. The summed E-state index contributed by atoms with van der Waals surface area (Å²) in [5.41, 5.74) is 2.77. The van der Waals surface area contributed by atoms with Crippen molar-refractivity contribution in [3.05, 3.63) is 65.7 Å². The van der Waals surface area contributed by atoms with Crippen LogP contribution >= 0.6 is 0 Å². The first-order valence-corrected chi connectivity index (χ1v) is 12.4. The molecule has 0 saturated carbocycles. The van der Waals surface area contributed by atoms with Crippen LogP contribution in [0.25, 0.3) is 0 Å². The van der Waals surface area contributed by atoms with Gasteiger partial charge < -0.3 is 5.32 Å². The average Bonchev–Trinajstić information content (AvgIpc) is 3.24. The van der Waals surface area contributed by atoms with E-state index in [1.54, 1.807) is 24.3 Å². The van der Waals surface area contributed by atoms with Crippen LogP contribution < -0.4 is 9.62 Å². The van der Waals surface area contributed by atoms with Crippen molar-refractivity contribution in [2.75, 3.05) is 23.7 Å². The number of hydrogen-bond acceptors (Lipinski definition) is 4. The number of rotatable bonds is 9. The predicted molar refractivity (Wildman–Crippen MR) is 121 cm³/mol. The molecule has 1 N–H and O–H groups in total. The fourth-order valence-electron chi connectivity index (χ4n) is 4.00. The highest BCUT2D eigenvalue weighted by Gasteiger charge is 2.31. The number of nitrogens with one attached hydrogen (secondary N) is 1. The van der Waals surface area contributed by atoms with Crippen LogP contribution in [0, 0.1) is 0 Å². The van der Waals surface area contributed by atoms with Gasteiger partial charge in [0.15, 0.2) is 0 Å². The Morgan fingerprint density at radius 3 is 2.23 bits per heavy atom. The first-order valence-electron chi connectivity index (χ1n) is 10.5. The monoisotopic (exact) mass is 429 g/mol. The van der Waals surface area contributed by atoms with Crippen LogP contribution in [0.15, 0.2) is 54.6 Å². The summed E-state index contributed by atoms with van der Waals surface area (Å²) < 4.78 is 26.2.